The summed E-state index contributed by atoms with van der Waals surface area (Å²) in [5, 5.41) is 11.5. The molecule has 0 radical (unpaired) electrons. The molecule has 1 aromatic carbocycles. The standard InChI is InChI=1S/C26H47N2O.C6H6O3S/c1-24-13-14-26(29,19-27-15-5-6-16-27)18-20(24)9-10-21-22(24)11-12-25(2)23(21)8-7-17-28(25,3)4;7-10(8,9)6-4-2-1-3-5-6/h20-23,29H,5-19H2,1-4H3;1-5H,(H,7,8,9)/q+1;/p-1/t20-,21+,22-,23-,24-,25-,26+;/m0./s1. The summed E-state index contributed by atoms with van der Waals surface area (Å²) in [5.41, 5.74) is 0.568. The van der Waals surface area contributed by atoms with E-state index in [-0.39, 0.29) is 4.90 Å². The SMILES string of the molecule is C[C@]12CC[C@](O)(CN3CCCC3)C[C@@H]1CC[C@@H]1[C@@H]2CC[C@@]2(C)[C@H]1CCC[N+]2(C)C.O=S(=O)([O-])c1ccccc1. The van der Waals surface area contributed by atoms with Crippen LogP contribution in [-0.4, -0.2) is 78.9 Å². The van der Waals surface area contributed by atoms with Gasteiger partial charge in [-0.3, -0.25) is 0 Å². The Morgan fingerprint density at radius 1 is 0.949 bits per heavy atom. The van der Waals surface area contributed by atoms with E-state index in [1.807, 2.05) is 0 Å². The van der Waals surface area contributed by atoms with Gasteiger partial charge in [0.2, 0.25) is 0 Å². The lowest BCUT2D eigenvalue weighted by Crippen LogP contribution is -2.69. The fourth-order valence-electron chi connectivity index (χ4n) is 9.95. The van der Waals surface area contributed by atoms with Crippen LogP contribution in [-0.2, 0) is 10.1 Å². The van der Waals surface area contributed by atoms with Crippen LogP contribution in [0.25, 0.3) is 0 Å². The van der Waals surface area contributed by atoms with Crippen molar-refractivity contribution >= 4 is 10.1 Å². The summed E-state index contributed by atoms with van der Waals surface area (Å²) < 4.78 is 32.1. The third-order valence-corrected chi connectivity index (χ3v) is 13.4. The first-order valence-electron chi connectivity index (χ1n) is 15.6. The van der Waals surface area contributed by atoms with Crippen LogP contribution in [0, 0.1) is 29.1 Å². The molecule has 7 heteroatoms. The van der Waals surface area contributed by atoms with Crippen LogP contribution in [0.4, 0.5) is 0 Å². The zero-order valence-electron chi connectivity index (χ0n) is 24.8. The van der Waals surface area contributed by atoms with Crippen molar-refractivity contribution in [3.8, 4) is 0 Å². The van der Waals surface area contributed by atoms with E-state index in [4.69, 9.17) is 0 Å². The van der Waals surface area contributed by atoms with Gasteiger partial charge in [0.05, 0.1) is 36.7 Å². The highest BCUT2D eigenvalue weighted by molar-refractivity contribution is 7.85. The van der Waals surface area contributed by atoms with E-state index in [9.17, 15) is 18.1 Å². The van der Waals surface area contributed by atoms with Crippen molar-refractivity contribution in [1.82, 2.24) is 4.90 Å². The molecule has 1 aromatic rings. The van der Waals surface area contributed by atoms with Crippen molar-refractivity contribution in [1.29, 1.82) is 0 Å². The molecule has 39 heavy (non-hydrogen) atoms. The quantitative estimate of drug-likeness (QED) is 0.402. The minimum atomic E-state index is -4.25. The van der Waals surface area contributed by atoms with Crippen molar-refractivity contribution < 1.29 is 22.6 Å². The number of nitrogens with zero attached hydrogens (tertiary/aromatic N) is 2. The molecule has 6 rings (SSSR count). The number of piperidine rings is 1. The molecule has 0 amide bonds. The summed E-state index contributed by atoms with van der Waals surface area (Å²) in [5.74, 6) is 3.53. The van der Waals surface area contributed by atoms with E-state index in [0.717, 1.165) is 43.1 Å². The fraction of sp³-hybridized carbons (Fsp3) is 0.812. The van der Waals surface area contributed by atoms with Crippen molar-refractivity contribution in [2.45, 2.75) is 101 Å². The third kappa shape index (κ3) is 5.60. The number of hydrogen-bond acceptors (Lipinski definition) is 5. The molecule has 0 spiro atoms. The molecule has 0 unspecified atom stereocenters. The molecule has 5 aliphatic rings. The molecule has 3 saturated carbocycles. The van der Waals surface area contributed by atoms with Gasteiger partial charge in [0.25, 0.3) is 0 Å². The lowest BCUT2D eigenvalue weighted by atomic mass is 9.44. The van der Waals surface area contributed by atoms with Gasteiger partial charge >= 0.3 is 0 Å². The van der Waals surface area contributed by atoms with Gasteiger partial charge < -0.3 is 19.0 Å². The normalized spacial score (nSPS) is 41.9. The van der Waals surface area contributed by atoms with Crippen LogP contribution in [0.3, 0.4) is 0 Å². The molecule has 1 N–H and O–H groups in total. The Balaban J connectivity index is 0.000000261. The second-order valence-electron chi connectivity index (χ2n) is 14.8. The average molecular weight is 561 g/mol. The first-order valence-corrected chi connectivity index (χ1v) is 17.0. The Morgan fingerprint density at radius 2 is 1.64 bits per heavy atom. The van der Waals surface area contributed by atoms with Crippen LogP contribution in [0.2, 0.25) is 0 Å². The van der Waals surface area contributed by atoms with Gasteiger partial charge in [-0.25, -0.2) is 8.42 Å². The predicted octanol–water partition coefficient (Wildman–Crippen LogP) is 5.28. The highest BCUT2D eigenvalue weighted by atomic mass is 32.2. The van der Waals surface area contributed by atoms with E-state index in [0.29, 0.717) is 11.0 Å². The molecule has 7 atom stereocenters. The maximum Gasteiger partial charge on any atom is 0.124 e. The number of fused-ring (bicyclic) bond motifs is 5. The van der Waals surface area contributed by atoms with Gasteiger partial charge in [-0.2, -0.15) is 0 Å². The monoisotopic (exact) mass is 560 g/mol. The van der Waals surface area contributed by atoms with Gasteiger partial charge in [-0.05, 0) is 120 Å². The summed E-state index contributed by atoms with van der Waals surface area (Å²) in [6.45, 7) is 10.0. The molecule has 2 aliphatic heterocycles. The lowest BCUT2D eigenvalue weighted by molar-refractivity contribution is -0.952. The number of β-amino-alcohol motifs (C(OH)–C–C–N with tert-alkyl or cyclic N) is 1. The topological polar surface area (TPSA) is 80.7 Å². The Labute approximate surface area is 237 Å². The average Bonchev–Trinajstić information content (AvgIpc) is 3.38. The number of quaternary nitrogens is 1. The van der Waals surface area contributed by atoms with Crippen LogP contribution < -0.4 is 0 Å². The van der Waals surface area contributed by atoms with Crippen LogP contribution >= 0.6 is 0 Å². The summed E-state index contributed by atoms with van der Waals surface area (Å²) in [4.78, 5) is 2.36. The van der Waals surface area contributed by atoms with Crippen molar-refractivity contribution in [2.75, 3.05) is 40.3 Å². The maximum atomic E-state index is 11.5. The zero-order valence-corrected chi connectivity index (χ0v) is 25.6. The minimum absolute atomic E-state index is 0.185. The van der Waals surface area contributed by atoms with Crippen LogP contribution in [0.1, 0.15) is 84.5 Å². The second-order valence-corrected chi connectivity index (χ2v) is 16.2. The Bertz CT molecular complexity index is 1100. The maximum absolute atomic E-state index is 11.5. The highest BCUT2D eigenvalue weighted by Crippen LogP contribution is 2.64. The van der Waals surface area contributed by atoms with Crippen molar-refractivity contribution in [3.63, 3.8) is 0 Å². The molecular weight excluding hydrogens is 508 g/mol. The summed E-state index contributed by atoms with van der Waals surface area (Å²) in [7, 11) is 0.773. The van der Waals surface area contributed by atoms with Gasteiger partial charge in [-0.1, -0.05) is 25.1 Å². The van der Waals surface area contributed by atoms with Gasteiger partial charge in [0.1, 0.15) is 10.1 Å². The van der Waals surface area contributed by atoms with Crippen LogP contribution in [0.15, 0.2) is 35.2 Å². The fourth-order valence-corrected chi connectivity index (χ4v) is 10.4. The Kier molecular flexibility index (Phi) is 8.08. The van der Waals surface area contributed by atoms with E-state index in [1.54, 1.807) is 6.07 Å². The lowest BCUT2D eigenvalue weighted by Gasteiger charge is -2.66. The summed E-state index contributed by atoms with van der Waals surface area (Å²) >= 11 is 0. The Hall–Kier alpha value is -0.990. The van der Waals surface area contributed by atoms with Crippen LogP contribution in [0.5, 0.6) is 0 Å². The zero-order chi connectivity index (χ0) is 28.1. The van der Waals surface area contributed by atoms with E-state index >= 15 is 0 Å². The summed E-state index contributed by atoms with van der Waals surface area (Å²) in [6.07, 6.45) is 14.6. The van der Waals surface area contributed by atoms with E-state index in [1.165, 1.54) is 106 Å². The van der Waals surface area contributed by atoms with Gasteiger partial charge in [0.15, 0.2) is 0 Å². The van der Waals surface area contributed by atoms with Crippen molar-refractivity contribution in [3.05, 3.63) is 30.3 Å². The number of rotatable bonds is 3. The molecule has 0 aromatic heterocycles. The molecule has 3 aliphatic carbocycles. The third-order valence-electron chi connectivity index (χ3n) is 12.5. The molecule has 5 fully saturated rings. The van der Waals surface area contributed by atoms with Crippen molar-refractivity contribution in [2.24, 2.45) is 29.1 Å². The highest BCUT2D eigenvalue weighted by Gasteiger charge is 2.62. The predicted molar refractivity (Wildman–Crippen MR) is 154 cm³/mol. The number of hydrogen-bond donors (Lipinski definition) is 1. The molecule has 6 nitrogen and oxygen atoms in total. The molecule has 2 heterocycles. The first-order chi connectivity index (χ1) is 18.3. The molecule has 2 saturated heterocycles. The molecule has 0 bridgehead atoms. The van der Waals surface area contributed by atoms with Gasteiger partial charge in [-0.15, -0.1) is 0 Å². The number of aliphatic hydroxyl groups is 1. The first kappa shape index (κ1) is 29.5. The smallest absolute Gasteiger partial charge is 0.124 e. The molecule has 220 valence electrons. The molecular formula is C32H52N2O4S. The number of benzene rings is 1. The van der Waals surface area contributed by atoms with Gasteiger partial charge in [0, 0.05) is 18.9 Å². The minimum Gasteiger partial charge on any atom is -0.744 e. The summed E-state index contributed by atoms with van der Waals surface area (Å²) in [6, 6.07) is 7.19. The number of likely N-dealkylation sites (tertiary alicyclic amines) is 2. The van der Waals surface area contributed by atoms with E-state index in [2.05, 4.69) is 32.8 Å². The van der Waals surface area contributed by atoms with E-state index < -0.39 is 15.7 Å². The second kappa shape index (κ2) is 10.7. The largest absolute Gasteiger partial charge is 0.744 e. The Morgan fingerprint density at radius 3 is 2.28 bits per heavy atom.